The van der Waals surface area contributed by atoms with Crippen molar-refractivity contribution in [1.29, 1.82) is 5.26 Å². The number of ether oxygens (including phenoxy) is 1. The standard InChI is InChI=1S/C18H14Cl2N2O2S/c1-24-15-9-11(6-7-16(15)25-2)8-12(10-21)18(23)22-17-13(19)4-3-5-14(17)20/h3-9H,1-2H3,(H,22,23). The molecule has 0 aliphatic carbocycles. The van der Waals surface area contributed by atoms with Crippen LogP contribution < -0.4 is 10.1 Å². The predicted octanol–water partition coefficient (Wildman–Crippen LogP) is 5.27. The summed E-state index contributed by atoms with van der Waals surface area (Å²) >= 11 is 13.6. The maximum Gasteiger partial charge on any atom is 0.266 e. The number of halogens is 2. The number of carbonyl (C=O) groups excluding carboxylic acids is 1. The minimum atomic E-state index is -0.592. The molecule has 0 aliphatic heterocycles. The van der Waals surface area contributed by atoms with Gasteiger partial charge < -0.3 is 10.1 Å². The summed E-state index contributed by atoms with van der Waals surface area (Å²) in [6.07, 6.45) is 3.42. The zero-order valence-electron chi connectivity index (χ0n) is 13.5. The van der Waals surface area contributed by atoms with Crippen LogP contribution in [0.15, 0.2) is 46.9 Å². The first-order chi connectivity index (χ1) is 12.0. The first-order valence-electron chi connectivity index (χ1n) is 7.09. The molecular formula is C18H14Cl2N2O2S. The Morgan fingerprint density at radius 3 is 2.52 bits per heavy atom. The highest BCUT2D eigenvalue weighted by molar-refractivity contribution is 7.98. The van der Waals surface area contributed by atoms with Gasteiger partial charge in [0.15, 0.2) is 0 Å². The lowest BCUT2D eigenvalue weighted by molar-refractivity contribution is -0.112. The molecule has 0 unspecified atom stereocenters. The van der Waals surface area contributed by atoms with Crippen LogP contribution in [0.5, 0.6) is 5.75 Å². The monoisotopic (exact) mass is 392 g/mol. The fourth-order valence-corrected chi connectivity index (χ4v) is 3.10. The van der Waals surface area contributed by atoms with Crippen LogP contribution in [-0.4, -0.2) is 19.3 Å². The molecule has 0 spiro atoms. The maximum absolute atomic E-state index is 12.4. The number of methoxy groups -OCH3 is 1. The zero-order chi connectivity index (χ0) is 18.4. The zero-order valence-corrected chi connectivity index (χ0v) is 15.8. The Kier molecular flexibility index (Phi) is 6.77. The quantitative estimate of drug-likeness (QED) is 0.427. The number of rotatable bonds is 5. The van der Waals surface area contributed by atoms with Gasteiger partial charge in [-0.15, -0.1) is 11.8 Å². The van der Waals surface area contributed by atoms with Crippen molar-refractivity contribution >= 4 is 52.6 Å². The van der Waals surface area contributed by atoms with Gasteiger partial charge in [0.1, 0.15) is 17.4 Å². The summed E-state index contributed by atoms with van der Waals surface area (Å²) in [7, 11) is 1.57. The van der Waals surface area contributed by atoms with E-state index < -0.39 is 5.91 Å². The molecule has 25 heavy (non-hydrogen) atoms. The molecule has 0 fully saturated rings. The second-order valence-corrected chi connectivity index (χ2v) is 6.50. The smallest absolute Gasteiger partial charge is 0.266 e. The molecule has 7 heteroatoms. The molecule has 4 nitrogen and oxygen atoms in total. The molecule has 2 rings (SSSR count). The highest BCUT2D eigenvalue weighted by Crippen LogP contribution is 2.31. The average Bonchev–Trinajstić information content (AvgIpc) is 2.62. The van der Waals surface area contributed by atoms with Crippen molar-refractivity contribution in [3.05, 3.63) is 57.6 Å². The van der Waals surface area contributed by atoms with Crippen molar-refractivity contribution in [2.45, 2.75) is 4.90 Å². The summed E-state index contributed by atoms with van der Waals surface area (Å²) in [5, 5.41) is 12.5. The Morgan fingerprint density at radius 2 is 1.96 bits per heavy atom. The molecule has 0 bridgehead atoms. The van der Waals surface area contributed by atoms with E-state index in [-0.39, 0.29) is 11.3 Å². The van der Waals surface area contributed by atoms with Crippen molar-refractivity contribution in [2.24, 2.45) is 0 Å². The van der Waals surface area contributed by atoms with Crippen LogP contribution in [0.4, 0.5) is 5.69 Å². The Bertz CT molecular complexity index is 856. The number of nitrogens with one attached hydrogen (secondary N) is 1. The number of carbonyl (C=O) groups is 1. The maximum atomic E-state index is 12.4. The SMILES string of the molecule is COc1cc(C=C(C#N)C(=O)Nc2c(Cl)cccc2Cl)ccc1SC. The summed E-state index contributed by atoms with van der Waals surface area (Å²) in [6.45, 7) is 0. The fourth-order valence-electron chi connectivity index (χ4n) is 2.06. The highest BCUT2D eigenvalue weighted by atomic mass is 35.5. The molecule has 0 radical (unpaired) electrons. The van der Waals surface area contributed by atoms with E-state index in [9.17, 15) is 10.1 Å². The normalized spacial score (nSPS) is 10.9. The summed E-state index contributed by atoms with van der Waals surface area (Å²) in [6, 6.07) is 12.2. The number of hydrogen-bond acceptors (Lipinski definition) is 4. The molecule has 0 heterocycles. The van der Waals surface area contributed by atoms with E-state index in [1.807, 2.05) is 18.4 Å². The van der Waals surface area contributed by atoms with Gasteiger partial charge in [-0.05, 0) is 42.2 Å². The van der Waals surface area contributed by atoms with Crippen molar-refractivity contribution < 1.29 is 9.53 Å². The first kappa shape index (κ1) is 19.2. The van der Waals surface area contributed by atoms with Crippen LogP contribution in [-0.2, 0) is 4.79 Å². The molecule has 0 aliphatic rings. The second kappa shape index (κ2) is 8.82. The topological polar surface area (TPSA) is 62.1 Å². The lowest BCUT2D eigenvalue weighted by Crippen LogP contribution is -2.14. The third-order valence-corrected chi connectivity index (χ3v) is 4.69. The van der Waals surface area contributed by atoms with E-state index in [2.05, 4.69) is 5.32 Å². The molecule has 2 aromatic carbocycles. The Morgan fingerprint density at radius 1 is 1.28 bits per heavy atom. The van der Waals surface area contributed by atoms with E-state index in [4.69, 9.17) is 27.9 Å². The minimum Gasteiger partial charge on any atom is -0.496 e. The van der Waals surface area contributed by atoms with Crippen molar-refractivity contribution in [3.63, 3.8) is 0 Å². The number of thioether (sulfide) groups is 1. The van der Waals surface area contributed by atoms with Gasteiger partial charge in [0, 0.05) is 4.90 Å². The molecular weight excluding hydrogens is 379 g/mol. The summed E-state index contributed by atoms with van der Waals surface area (Å²) in [5.74, 6) is 0.0820. The molecule has 2 aromatic rings. The van der Waals surface area contributed by atoms with Gasteiger partial charge in [-0.3, -0.25) is 4.79 Å². The summed E-state index contributed by atoms with van der Waals surface area (Å²) in [5.41, 5.74) is 0.869. The Hall–Kier alpha value is -2.13. The summed E-state index contributed by atoms with van der Waals surface area (Å²) < 4.78 is 5.31. The Balaban J connectivity index is 2.31. The Labute approximate surface area is 160 Å². The highest BCUT2D eigenvalue weighted by Gasteiger charge is 2.14. The van der Waals surface area contributed by atoms with Crippen molar-refractivity contribution in [1.82, 2.24) is 0 Å². The van der Waals surface area contributed by atoms with E-state index in [0.29, 0.717) is 21.4 Å². The molecule has 0 aromatic heterocycles. The van der Waals surface area contributed by atoms with E-state index in [1.54, 1.807) is 49.2 Å². The van der Waals surface area contributed by atoms with Crippen LogP contribution in [0.25, 0.3) is 6.08 Å². The van der Waals surface area contributed by atoms with Gasteiger partial charge in [-0.2, -0.15) is 5.26 Å². The first-order valence-corrected chi connectivity index (χ1v) is 9.07. The predicted molar refractivity (Wildman–Crippen MR) is 103 cm³/mol. The number of amides is 1. The molecule has 1 amide bonds. The van der Waals surface area contributed by atoms with Crippen LogP contribution in [0.3, 0.4) is 0 Å². The van der Waals surface area contributed by atoms with Crippen molar-refractivity contribution in [2.75, 3.05) is 18.7 Å². The van der Waals surface area contributed by atoms with Gasteiger partial charge >= 0.3 is 0 Å². The van der Waals surface area contributed by atoms with Gasteiger partial charge in [-0.25, -0.2) is 0 Å². The van der Waals surface area contributed by atoms with Crippen LogP contribution in [0.2, 0.25) is 10.0 Å². The van der Waals surface area contributed by atoms with Crippen molar-refractivity contribution in [3.8, 4) is 11.8 Å². The fraction of sp³-hybridized carbons (Fsp3) is 0.111. The van der Waals surface area contributed by atoms with Gasteiger partial charge in [0.05, 0.1) is 22.8 Å². The molecule has 0 saturated heterocycles. The lowest BCUT2D eigenvalue weighted by Gasteiger charge is -2.09. The number of nitrogens with zero attached hydrogens (tertiary/aromatic N) is 1. The third kappa shape index (κ3) is 4.70. The van der Waals surface area contributed by atoms with Crippen LogP contribution >= 0.6 is 35.0 Å². The van der Waals surface area contributed by atoms with E-state index >= 15 is 0 Å². The van der Waals surface area contributed by atoms with E-state index in [1.165, 1.54) is 6.08 Å². The van der Waals surface area contributed by atoms with E-state index in [0.717, 1.165) is 4.90 Å². The minimum absolute atomic E-state index is 0.0741. The number of benzene rings is 2. The second-order valence-electron chi connectivity index (χ2n) is 4.84. The lowest BCUT2D eigenvalue weighted by atomic mass is 10.1. The number of para-hydroxylation sites is 1. The molecule has 1 N–H and O–H groups in total. The largest absolute Gasteiger partial charge is 0.496 e. The number of nitriles is 1. The van der Waals surface area contributed by atoms with Crippen LogP contribution in [0.1, 0.15) is 5.56 Å². The number of anilines is 1. The third-order valence-electron chi connectivity index (χ3n) is 3.28. The molecule has 0 atom stereocenters. The van der Waals surface area contributed by atoms with Gasteiger partial charge in [0.2, 0.25) is 0 Å². The molecule has 0 saturated carbocycles. The average molecular weight is 393 g/mol. The van der Waals surface area contributed by atoms with Crippen LogP contribution in [0, 0.1) is 11.3 Å². The van der Waals surface area contributed by atoms with Gasteiger partial charge in [0.25, 0.3) is 5.91 Å². The summed E-state index contributed by atoms with van der Waals surface area (Å²) in [4.78, 5) is 13.3. The number of hydrogen-bond donors (Lipinski definition) is 1. The molecule has 128 valence electrons. The van der Waals surface area contributed by atoms with Gasteiger partial charge in [-0.1, -0.05) is 35.3 Å².